The molecule has 1 heterocycles. The molecule has 0 saturated carbocycles. The van der Waals surface area contributed by atoms with Crippen LogP contribution in [-0.4, -0.2) is 33.6 Å². The lowest BCUT2D eigenvalue weighted by atomic mass is 10.1. The molecule has 5 nitrogen and oxygen atoms in total. The molecule has 1 aliphatic heterocycles. The summed E-state index contributed by atoms with van der Waals surface area (Å²) in [4.78, 5) is 2.23. The van der Waals surface area contributed by atoms with E-state index in [0.717, 1.165) is 28.8 Å². The molecular formula is C19H23BrFN3O2S. The van der Waals surface area contributed by atoms with Gasteiger partial charge in [0.15, 0.2) is 0 Å². The van der Waals surface area contributed by atoms with Gasteiger partial charge >= 0.3 is 0 Å². The van der Waals surface area contributed by atoms with Gasteiger partial charge in [0.05, 0.1) is 10.6 Å². The molecule has 0 unspecified atom stereocenters. The lowest BCUT2D eigenvalue weighted by Crippen LogP contribution is -2.54. The molecule has 0 aliphatic carbocycles. The fourth-order valence-electron chi connectivity index (χ4n) is 3.31. The van der Waals surface area contributed by atoms with E-state index in [1.54, 1.807) is 31.2 Å². The summed E-state index contributed by atoms with van der Waals surface area (Å²) >= 11 is 3.35. The number of rotatable bonds is 4. The maximum absolute atomic E-state index is 14.3. The molecule has 0 amide bonds. The molecule has 2 N–H and O–H groups in total. The Morgan fingerprint density at radius 3 is 2.44 bits per heavy atom. The van der Waals surface area contributed by atoms with Crippen molar-refractivity contribution in [2.24, 2.45) is 0 Å². The van der Waals surface area contributed by atoms with Gasteiger partial charge in [-0.05, 0) is 62.7 Å². The number of nitrogens with zero attached hydrogens (tertiary/aromatic N) is 1. The van der Waals surface area contributed by atoms with Gasteiger partial charge in [-0.15, -0.1) is 0 Å². The highest BCUT2D eigenvalue weighted by Crippen LogP contribution is 2.27. The third kappa shape index (κ3) is 4.62. The normalized spacial score (nSPS) is 20.6. The SMILES string of the molecule is Cc1cc(S(=O)(=O)Nc2cc(N3C[C@@H](C)N[C@@H](C)C3)ccc2F)ccc1Br. The van der Waals surface area contributed by atoms with Crippen molar-refractivity contribution in [1.29, 1.82) is 0 Å². The number of benzene rings is 2. The minimum Gasteiger partial charge on any atom is -0.368 e. The lowest BCUT2D eigenvalue weighted by molar-refractivity contribution is 0.407. The van der Waals surface area contributed by atoms with Gasteiger partial charge in [-0.3, -0.25) is 4.72 Å². The Hall–Kier alpha value is -1.64. The Labute approximate surface area is 168 Å². The highest BCUT2D eigenvalue weighted by molar-refractivity contribution is 9.10. The van der Waals surface area contributed by atoms with Crippen LogP contribution in [0.1, 0.15) is 19.4 Å². The van der Waals surface area contributed by atoms with Crippen molar-refractivity contribution in [3.63, 3.8) is 0 Å². The predicted molar refractivity (Wildman–Crippen MR) is 110 cm³/mol. The van der Waals surface area contributed by atoms with Crippen LogP contribution in [0.2, 0.25) is 0 Å². The van der Waals surface area contributed by atoms with Gasteiger partial charge in [-0.1, -0.05) is 15.9 Å². The Morgan fingerprint density at radius 2 is 1.81 bits per heavy atom. The highest BCUT2D eigenvalue weighted by Gasteiger charge is 2.23. The molecule has 0 bridgehead atoms. The van der Waals surface area contributed by atoms with Crippen molar-refractivity contribution in [1.82, 2.24) is 5.32 Å². The standard InChI is InChI=1S/C19H23BrFN3O2S/c1-12-8-16(5-6-17(12)20)27(25,26)23-19-9-15(4-7-18(19)21)24-10-13(2)22-14(3)11-24/h4-9,13-14,22-23H,10-11H2,1-3H3/t13-,14+. The van der Waals surface area contributed by atoms with Gasteiger partial charge in [-0.2, -0.15) is 0 Å². The first-order valence-electron chi connectivity index (χ1n) is 8.75. The van der Waals surface area contributed by atoms with E-state index in [-0.39, 0.29) is 10.6 Å². The van der Waals surface area contributed by atoms with Crippen molar-refractivity contribution in [2.45, 2.75) is 37.8 Å². The molecule has 0 radical (unpaired) electrons. The summed E-state index contributed by atoms with van der Waals surface area (Å²) in [6.45, 7) is 7.52. The first kappa shape index (κ1) is 20.1. The third-order valence-corrected chi connectivity index (χ3v) is 6.81. The number of hydrogen-bond donors (Lipinski definition) is 2. The molecule has 3 rings (SSSR count). The summed E-state index contributed by atoms with van der Waals surface area (Å²) in [6, 6.07) is 9.84. The Morgan fingerprint density at radius 1 is 1.15 bits per heavy atom. The number of aryl methyl sites for hydroxylation is 1. The molecule has 2 atom stereocenters. The van der Waals surface area contributed by atoms with Crippen molar-refractivity contribution in [3.8, 4) is 0 Å². The predicted octanol–water partition coefficient (Wildman–Crippen LogP) is 3.88. The summed E-state index contributed by atoms with van der Waals surface area (Å²) < 4.78 is 42.9. The van der Waals surface area contributed by atoms with E-state index in [1.807, 2.05) is 0 Å². The maximum Gasteiger partial charge on any atom is 0.261 e. The summed E-state index contributed by atoms with van der Waals surface area (Å²) in [5, 5.41) is 3.44. The quantitative estimate of drug-likeness (QED) is 0.733. The van der Waals surface area contributed by atoms with Gasteiger partial charge in [-0.25, -0.2) is 12.8 Å². The zero-order chi connectivity index (χ0) is 19.8. The van der Waals surface area contributed by atoms with Crippen LogP contribution < -0.4 is 14.9 Å². The van der Waals surface area contributed by atoms with E-state index in [0.29, 0.717) is 12.1 Å². The van der Waals surface area contributed by atoms with Crippen molar-refractivity contribution >= 4 is 37.3 Å². The van der Waals surface area contributed by atoms with Gasteiger partial charge in [0.2, 0.25) is 0 Å². The number of hydrogen-bond acceptors (Lipinski definition) is 4. The average molecular weight is 456 g/mol. The Bertz CT molecular complexity index is 942. The molecule has 2 aromatic carbocycles. The van der Waals surface area contributed by atoms with Crippen LogP contribution >= 0.6 is 15.9 Å². The van der Waals surface area contributed by atoms with Crippen LogP contribution in [0.25, 0.3) is 0 Å². The topological polar surface area (TPSA) is 61.4 Å². The van der Waals surface area contributed by atoms with Gasteiger partial charge in [0.25, 0.3) is 10.0 Å². The van der Waals surface area contributed by atoms with Crippen LogP contribution in [-0.2, 0) is 10.0 Å². The fourth-order valence-corrected chi connectivity index (χ4v) is 4.70. The monoisotopic (exact) mass is 455 g/mol. The van der Waals surface area contributed by atoms with E-state index in [9.17, 15) is 12.8 Å². The van der Waals surface area contributed by atoms with Crippen LogP contribution in [0.15, 0.2) is 45.8 Å². The molecule has 0 aromatic heterocycles. The van der Waals surface area contributed by atoms with Crippen LogP contribution in [0.3, 0.4) is 0 Å². The lowest BCUT2D eigenvalue weighted by Gasteiger charge is -2.37. The van der Waals surface area contributed by atoms with Crippen LogP contribution in [0, 0.1) is 12.7 Å². The molecular weight excluding hydrogens is 433 g/mol. The second-order valence-corrected chi connectivity index (χ2v) is 9.59. The van der Waals surface area contributed by atoms with E-state index in [4.69, 9.17) is 0 Å². The van der Waals surface area contributed by atoms with Gasteiger partial charge < -0.3 is 10.2 Å². The van der Waals surface area contributed by atoms with Gasteiger partial charge in [0, 0.05) is 35.3 Å². The zero-order valence-electron chi connectivity index (χ0n) is 15.5. The summed E-state index contributed by atoms with van der Waals surface area (Å²) in [5.74, 6) is -0.604. The summed E-state index contributed by atoms with van der Waals surface area (Å²) in [5.41, 5.74) is 1.53. The summed E-state index contributed by atoms with van der Waals surface area (Å²) in [7, 11) is -3.89. The number of anilines is 2. The zero-order valence-corrected chi connectivity index (χ0v) is 17.9. The summed E-state index contributed by atoms with van der Waals surface area (Å²) in [6.07, 6.45) is 0. The number of halogens is 2. The first-order valence-corrected chi connectivity index (χ1v) is 11.0. The largest absolute Gasteiger partial charge is 0.368 e. The molecule has 1 aliphatic rings. The van der Waals surface area contributed by atoms with Crippen LogP contribution in [0.5, 0.6) is 0 Å². The number of piperazine rings is 1. The molecule has 0 spiro atoms. The number of sulfonamides is 1. The van der Waals surface area contributed by atoms with Gasteiger partial charge in [0.1, 0.15) is 5.82 Å². The van der Waals surface area contributed by atoms with Crippen LogP contribution in [0.4, 0.5) is 15.8 Å². The minimum absolute atomic E-state index is 0.0492. The molecule has 2 aromatic rings. The second-order valence-electron chi connectivity index (χ2n) is 7.05. The Balaban J connectivity index is 1.89. The smallest absolute Gasteiger partial charge is 0.261 e. The van der Waals surface area contributed by atoms with Crippen molar-refractivity contribution < 1.29 is 12.8 Å². The number of nitrogens with one attached hydrogen (secondary N) is 2. The average Bonchev–Trinajstić information content (AvgIpc) is 2.58. The van der Waals surface area contributed by atoms with E-state index in [1.165, 1.54) is 12.1 Å². The van der Waals surface area contributed by atoms with Crippen molar-refractivity contribution in [2.75, 3.05) is 22.7 Å². The second kappa shape index (κ2) is 7.77. The van der Waals surface area contributed by atoms with Crippen molar-refractivity contribution in [3.05, 3.63) is 52.3 Å². The Kier molecular flexibility index (Phi) is 5.79. The van der Waals surface area contributed by atoms with E-state index < -0.39 is 15.8 Å². The molecule has 27 heavy (non-hydrogen) atoms. The molecule has 1 saturated heterocycles. The fraction of sp³-hybridized carbons (Fsp3) is 0.368. The molecule has 146 valence electrons. The van der Waals surface area contributed by atoms with E-state index >= 15 is 0 Å². The molecule has 1 fully saturated rings. The molecule has 8 heteroatoms. The third-order valence-electron chi connectivity index (χ3n) is 4.56. The first-order chi connectivity index (χ1) is 12.7. The maximum atomic E-state index is 14.3. The van der Waals surface area contributed by atoms with E-state index in [2.05, 4.69) is 44.7 Å². The minimum atomic E-state index is -3.89. The highest BCUT2D eigenvalue weighted by atomic mass is 79.9.